The van der Waals surface area contributed by atoms with Gasteiger partial charge < -0.3 is 5.11 Å². The van der Waals surface area contributed by atoms with Crippen LogP contribution < -0.4 is 0 Å². The topological polar surface area (TPSA) is 20.2 Å². The molecule has 0 atom stereocenters. The molecule has 0 unspecified atom stereocenters. The predicted octanol–water partition coefficient (Wildman–Crippen LogP) is 3.13. The summed E-state index contributed by atoms with van der Waals surface area (Å²) in [6.07, 6.45) is 5.83. The first-order valence-electron chi connectivity index (χ1n) is 4.36. The van der Waals surface area contributed by atoms with Crippen molar-refractivity contribution in [3.8, 4) is 0 Å². The second-order valence-corrected chi connectivity index (χ2v) is 3.26. The number of rotatable bonds is 4. The van der Waals surface area contributed by atoms with Gasteiger partial charge in [0.2, 0.25) is 0 Å². The first-order chi connectivity index (χ1) is 6.33. The minimum Gasteiger partial charge on any atom is -0.396 e. The van der Waals surface area contributed by atoms with E-state index in [1.165, 1.54) is 0 Å². The van der Waals surface area contributed by atoms with Crippen molar-refractivity contribution in [2.75, 3.05) is 6.61 Å². The Morgan fingerprint density at radius 2 is 1.92 bits per heavy atom. The van der Waals surface area contributed by atoms with E-state index in [1.54, 1.807) is 0 Å². The zero-order valence-corrected chi connectivity index (χ0v) is 8.17. The van der Waals surface area contributed by atoms with Gasteiger partial charge in [-0.3, -0.25) is 0 Å². The maximum absolute atomic E-state index is 8.55. The number of hydrogen-bond acceptors (Lipinski definition) is 1. The smallest absolute Gasteiger partial charge is 0.0433 e. The first-order valence-corrected chi connectivity index (χ1v) is 4.73. The van der Waals surface area contributed by atoms with Gasteiger partial charge in [-0.25, -0.2) is 0 Å². The van der Waals surface area contributed by atoms with Gasteiger partial charge in [0.25, 0.3) is 0 Å². The van der Waals surface area contributed by atoms with Gasteiger partial charge in [0.15, 0.2) is 0 Å². The van der Waals surface area contributed by atoms with Crippen molar-refractivity contribution in [2.24, 2.45) is 0 Å². The van der Waals surface area contributed by atoms with Crippen molar-refractivity contribution in [3.63, 3.8) is 0 Å². The average Bonchev–Trinajstić information content (AvgIpc) is 2.15. The number of hydrogen-bond donors (Lipinski definition) is 1. The number of aliphatic hydroxyl groups is 1. The van der Waals surface area contributed by atoms with E-state index >= 15 is 0 Å². The molecular formula is C11H13ClO. The largest absolute Gasteiger partial charge is 0.396 e. The van der Waals surface area contributed by atoms with Crippen molar-refractivity contribution >= 4 is 17.7 Å². The van der Waals surface area contributed by atoms with E-state index in [9.17, 15) is 0 Å². The summed E-state index contributed by atoms with van der Waals surface area (Å²) in [5.74, 6) is 0. The highest BCUT2D eigenvalue weighted by molar-refractivity contribution is 6.30. The maximum atomic E-state index is 8.55. The second kappa shape index (κ2) is 5.79. The Labute approximate surface area is 83.7 Å². The van der Waals surface area contributed by atoms with Crippen LogP contribution in [0.25, 0.3) is 6.08 Å². The molecule has 1 aromatic carbocycles. The van der Waals surface area contributed by atoms with Crippen LogP contribution in [0, 0.1) is 0 Å². The van der Waals surface area contributed by atoms with E-state index in [-0.39, 0.29) is 6.61 Å². The summed E-state index contributed by atoms with van der Waals surface area (Å²) in [6, 6.07) is 7.68. The number of allylic oxidation sites excluding steroid dienone is 1. The van der Waals surface area contributed by atoms with Crippen LogP contribution in [0.5, 0.6) is 0 Å². The maximum Gasteiger partial charge on any atom is 0.0433 e. The molecule has 1 aromatic rings. The van der Waals surface area contributed by atoms with E-state index in [0.29, 0.717) is 0 Å². The summed E-state index contributed by atoms with van der Waals surface area (Å²) in [7, 11) is 0. The Hall–Kier alpha value is -0.790. The molecule has 0 aliphatic carbocycles. The fourth-order valence-corrected chi connectivity index (χ4v) is 1.13. The lowest BCUT2D eigenvalue weighted by molar-refractivity contribution is 0.290. The number of benzene rings is 1. The molecule has 0 radical (unpaired) electrons. The Morgan fingerprint density at radius 3 is 2.54 bits per heavy atom. The lowest BCUT2D eigenvalue weighted by atomic mass is 10.2. The van der Waals surface area contributed by atoms with Crippen molar-refractivity contribution < 1.29 is 5.11 Å². The van der Waals surface area contributed by atoms with Crippen LogP contribution in [0.4, 0.5) is 0 Å². The third-order valence-corrected chi connectivity index (χ3v) is 1.96. The molecule has 0 saturated carbocycles. The molecule has 0 spiro atoms. The van der Waals surface area contributed by atoms with E-state index in [1.807, 2.05) is 30.3 Å². The molecule has 0 bridgehead atoms. The van der Waals surface area contributed by atoms with Crippen LogP contribution in [0.1, 0.15) is 18.4 Å². The number of aliphatic hydroxyl groups excluding tert-OH is 1. The highest BCUT2D eigenvalue weighted by Gasteiger charge is 1.86. The minimum absolute atomic E-state index is 0.255. The fraction of sp³-hybridized carbons (Fsp3) is 0.273. The minimum atomic E-state index is 0.255. The normalized spacial score (nSPS) is 10.9. The standard InChI is InChI=1S/C11H13ClO/c12-11-7-5-10(6-8-11)4-2-1-3-9-13/h2,4-8,13H,1,3,9H2. The van der Waals surface area contributed by atoms with Crippen LogP contribution in [0.15, 0.2) is 30.3 Å². The van der Waals surface area contributed by atoms with E-state index in [0.717, 1.165) is 23.4 Å². The molecule has 0 heterocycles. The van der Waals surface area contributed by atoms with Gasteiger partial charge in [-0.15, -0.1) is 0 Å². The van der Waals surface area contributed by atoms with Gasteiger partial charge >= 0.3 is 0 Å². The molecule has 2 heteroatoms. The highest BCUT2D eigenvalue weighted by atomic mass is 35.5. The Kier molecular flexibility index (Phi) is 4.58. The van der Waals surface area contributed by atoms with Gasteiger partial charge in [0.1, 0.15) is 0 Å². The molecule has 0 aliphatic rings. The van der Waals surface area contributed by atoms with Crippen molar-refractivity contribution in [3.05, 3.63) is 40.9 Å². The summed E-state index contributed by atoms with van der Waals surface area (Å²) in [5.41, 5.74) is 1.14. The lowest BCUT2D eigenvalue weighted by Crippen LogP contribution is -1.78. The molecule has 0 amide bonds. The van der Waals surface area contributed by atoms with Crippen molar-refractivity contribution in [1.29, 1.82) is 0 Å². The summed E-state index contributed by atoms with van der Waals surface area (Å²) in [5, 5.41) is 9.31. The van der Waals surface area contributed by atoms with E-state index < -0.39 is 0 Å². The first kappa shape index (κ1) is 10.3. The predicted molar refractivity (Wildman–Crippen MR) is 56.8 cm³/mol. The zero-order chi connectivity index (χ0) is 9.52. The summed E-state index contributed by atoms with van der Waals surface area (Å²) in [6.45, 7) is 0.255. The van der Waals surface area contributed by atoms with Crippen LogP contribution in [0.2, 0.25) is 5.02 Å². The second-order valence-electron chi connectivity index (χ2n) is 2.82. The molecule has 1 nitrogen and oxygen atoms in total. The molecule has 70 valence electrons. The molecular weight excluding hydrogens is 184 g/mol. The van der Waals surface area contributed by atoms with E-state index in [2.05, 4.69) is 6.08 Å². The average molecular weight is 197 g/mol. The highest BCUT2D eigenvalue weighted by Crippen LogP contribution is 2.10. The zero-order valence-electron chi connectivity index (χ0n) is 7.41. The SMILES string of the molecule is OCCCC=Cc1ccc(Cl)cc1. The summed E-state index contributed by atoms with van der Waals surface area (Å²) in [4.78, 5) is 0. The molecule has 0 saturated heterocycles. The van der Waals surface area contributed by atoms with Gasteiger partial charge in [-0.2, -0.15) is 0 Å². The lowest BCUT2D eigenvalue weighted by Gasteiger charge is -1.93. The Balaban J connectivity index is 2.44. The third kappa shape index (κ3) is 4.11. The molecule has 0 aliphatic heterocycles. The molecule has 1 rings (SSSR count). The van der Waals surface area contributed by atoms with Gasteiger partial charge in [-0.1, -0.05) is 35.9 Å². The molecule has 1 N–H and O–H groups in total. The summed E-state index contributed by atoms with van der Waals surface area (Å²) < 4.78 is 0. The van der Waals surface area contributed by atoms with Crippen molar-refractivity contribution in [2.45, 2.75) is 12.8 Å². The van der Waals surface area contributed by atoms with E-state index in [4.69, 9.17) is 16.7 Å². The molecule has 0 aromatic heterocycles. The Bertz CT molecular complexity index is 264. The van der Waals surface area contributed by atoms with Crippen LogP contribution in [-0.2, 0) is 0 Å². The number of halogens is 1. The Morgan fingerprint density at radius 1 is 1.23 bits per heavy atom. The summed E-state index contributed by atoms with van der Waals surface area (Å²) >= 11 is 5.74. The molecule has 0 fully saturated rings. The number of unbranched alkanes of at least 4 members (excludes halogenated alkanes) is 1. The van der Waals surface area contributed by atoms with Crippen LogP contribution in [-0.4, -0.2) is 11.7 Å². The van der Waals surface area contributed by atoms with Gasteiger partial charge in [-0.05, 0) is 30.5 Å². The van der Waals surface area contributed by atoms with Crippen LogP contribution >= 0.6 is 11.6 Å². The van der Waals surface area contributed by atoms with Crippen molar-refractivity contribution in [1.82, 2.24) is 0 Å². The monoisotopic (exact) mass is 196 g/mol. The van der Waals surface area contributed by atoms with Crippen LogP contribution in [0.3, 0.4) is 0 Å². The molecule has 13 heavy (non-hydrogen) atoms. The van der Waals surface area contributed by atoms with Gasteiger partial charge in [0.05, 0.1) is 0 Å². The fourth-order valence-electron chi connectivity index (χ4n) is 1.00. The third-order valence-electron chi connectivity index (χ3n) is 1.71. The quantitative estimate of drug-likeness (QED) is 0.734. The van der Waals surface area contributed by atoms with Gasteiger partial charge in [0, 0.05) is 11.6 Å².